The van der Waals surface area contributed by atoms with Crippen LogP contribution in [-0.4, -0.2) is 11.1 Å². The summed E-state index contributed by atoms with van der Waals surface area (Å²) < 4.78 is 6.97. The number of rotatable bonds is 2. The standard InChI is InChI=1S/C12H14N2OS/c1-7-14-10-6-11(15-8-3-2-4-8)9(13)5-12(10)16-7/h5-6,8H,2-4,13H2,1H3. The number of ether oxygens (including phenoxy) is 1. The van der Waals surface area contributed by atoms with E-state index < -0.39 is 0 Å². The maximum atomic E-state index is 5.98. The number of hydrogen-bond acceptors (Lipinski definition) is 4. The van der Waals surface area contributed by atoms with Gasteiger partial charge >= 0.3 is 0 Å². The lowest BCUT2D eigenvalue weighted by Gasteiger charge is -2.26. The minimum Gasteiger partial charge on any atom is -0.488 e. The number of nitrogen functional groups attached to an aromatic ring is 1. The van der Waals surface area contributed by atoms with E-state index in [9.17, 15) is 0 Å². The van der Waals surface area contributed by atoms with Gasteiger partial charge in [-0.05, 0) is 32.3 Å². The highest BCUT2D eigenvalue weighted by Crippen LogP contribution is 2.34. The predicted molar refractivity (Wildman–Crippen MR) is 67.0 cm³/mol. The number of thiazole rings is 1. The maximum Gasteiger partial charge on any atom is 0.144 e. The fourth-order valence-corrected chi connectivity index (χ4v) is 2.71. The first-order chi connectivity index (χ1) is 7.72. The third kappa shape index (κ3) is 1.63. The van der Waals surface area contributed by atoms with E-state index in [0.717, 1.165) is 39.5 Å². The highest BCUT2D eigenvalue weighted by atomic mass is 32.1. The SMILES string of the molecule is Cc1nc2cc(OC3CCC3)c(N)cc2s1. The molecule has 0 spiro atoms. The molecule has 2 aromatic rings. The molecule has 3 rings (SSSR count). The van der Waals surface area contributed by atoms with Crippen LogP contribution in [0.25, 0.3) is 10.2 Å². The van der Waals surface area contributed by atoms with Crippen LogP contribution in [0.4, 0.5) is 5.69 Å². The number of aryl methyl sites for hydroxylation is 1. The molecule has 2 N–H and O–H groups in total. The summed E-state index contributed by atoms with van der Waals surface area (Å²) in [4.78, 5) is 4.45. The van der Waals surface area contributed by atoms with E-state index in [0.29, 0.717) is 6.10 Å². The molecule has 4 heteroatoms. The average molecular weight is 234 g/mol. The number of nitrogens with two attached hydrogens (primary N) is 1. The second-order valence-electron chi connectivity index (χ2n) is 4.26. The van der Waals surface area contributed by atoms with Crippen LogP contribution in [0.2, 0.25) is 0 Å². The van der Waals surface area contributed by atoms with Crippen molar-refractivity contribution in [3.63, 3.8) is 0 Å². The molecule has 0 unspecified atom stereocenters. The molecule has 0 atom stereocenters. The molecule has 1 aliphatic rings. The molecule has 0 bridgehead atoms. The van der Waals surface area contributed by atoms with Crippen molar-refractivity contribution in [1.82, 2.24) is 4.98 Å². The Kier molecular flexibility index (Phi) is 2.24. The van der Waals surface area contributed by atoms with Crippen molar-refractivity contribution in [2.75, 3.05) is 5.73 Å². The predicted octanol–water partition coefficient (Wildman–Crippen LogP) is 3.12. The third-order valence-corrected chi connectivity index (χ3v) is 3.91. The van der Waals surface area contributed by atoms with Gasteiger partial charge in [0.05, 0.1) is 27.0 Å². The second kappa shape index (κ2) is 3.63. The Morgan fingerprint density at radius 3 is 2.94 bits per heavy atom. The largest absolute Gasteiger partial charge is 0.488 e. The summed E-state index contributed by atoms with van der Waals surface area (Å²) in [7, 11) is 0. The van der Waals surface area contributed by atoms with Gasteiger partial charge in [0, 0.05) is 6.07 Å². The number of fused-ring (bicyclic) bond motifs is 1. The Labute approximate surface area is 98.2 Å². The van der Waals surface area contributed by atoms with Crippen LogP contribution in [0.5, 0.6) is 5.75 Å². The maximum absolute atomic E-state index is 5.98. The molecular weight excluding hydrogens is 220 g/mol. The van der Waals surface area contributed by atoms with Crippen LogP contribution in [-0.2, 0) is 0 Å². The molecule has 1 aromatic carbocycles. The molecule has 3 nitrogen and oxygen atoms in total. The van der Waals surface area contributed by atoms with Gasteiger partial charge < -0.3 is 10.5 Å². The monoisotopic (exact) mass is 234 g/mol. The molecule has 1 heterocycles. The zero-order valence-electron chi connectivity index (χ0n) is 9.19. The van der Waals surface area contributed by atoms with Gasteiger partial charge in [-0.1, -0.05) is 0 Å². The van der Waals surface area contributed by atoms with Gasteiger partial charge in [0.15, 0.2) is 0 Å². The van der Waals surface area contributed by atoms with Crippen molar-refractivity contribution in [2.24, 2.45) is 0 Å². The van der Waals surface area contributed by atoms with E-state index in [1.165, 1.54) is 6.42 Å². The van der Waals surface area contributed by atoms with Crippen LogP contribution in [0, 0.1) is 6.92 Å². The summed E-state index contributed by atoms with van der Waals surface area (Å²) >= 11 is 1.67. The Morgan fingerprint density at radius 1 is 1.44 bits per heavy atom. The lowest BCUT2D eigenvalue weighted by atomic mass is 9.96. The van der Waals surface area contributed by atoms with E-state index in [-0.39, 0.29) is 0 Å². The van der Waals surface area contributed by atoms with E-state index in [1.54, 1.807) is 11.3 Å². The molecule has 0 amide bonds. The van der Waals surface area contributed by atoms with Gasteiger partial charge in [0.25, 0.3) is 0 Å². The summed E-state index contributed by atoms with van der Waals surface area (Å²) in [5.74, 6) is 0.794. The minimum absolute atomic E-state index is 0.361. The molecule has 1 aromatic heterocycles. The van der Waals surface area contributed by atoms with Crippen molar-refractivity contribution in [2.45, 2.75) is 32.3 Å². The fourth-order valence-electron chi connectivity index (χ4n) is 1.86. The molecular formula is C12H14N2OS. The third-order valence-electron chi connectivity index (χ3n) is 2.97. The average Bonchev–Trinajstić information content (AvgIpc) is 2.50. The topological polar surface area (TPSA) is 48.1 Å². The number of anilines is 1. The van der Waals surface area contributed by atoms with Crippen LogP contribution >= 0.6 is 11.3 Å². The number of benzene rings is 1. The van der Waals surface area contributed by atoms with Crippen LogP contribution in [0.3, 0.4) is 0 Å². The quantitative estimate of drug-likeness (QED) is 0.812. The summed E-state index contributed by atoms with van der Waals surface area (Å²) in [6.45, 7) is 2.01. The number of aromatic nitrogens is 1. The lowest BCUT2D eigenvalue weighted by molar-refractivity contribution is 0.121. The molecule has 0 saturated heterocycles. The first-order valence-corrected chi connectivity index (χ1v) is 6.37. The number of nitrogens with zero attached hydrogens (tertiary/aromatic N) is 1. The molecule has 16 heavy (non-hydrogen) atoms. The van der Waals surface area contributed by atoms with Crippen molar-refractivity contribution in [3.8, 4) is 5.75 Å². The Morgan fingerprint density at radius 2 is 2.25 bits per heavy atom. The molecule has 0 aliphatic heterocycles. The first kappa shape index (κ1) is 9.90. The highest BCUT2D eigenvalue weighted by Gasteiger charge is 2.20. The summed E-state index contributed by atoms with van der Waals surface area (Å²) in [5, 5.41) is 1.06. The van der Waals surface area contributed by atoms with Crippen LogP contribution < -0.4 is 10.5 Å². The smallest absolute Gasteiger partial charge is 0.144 e. The summed E-state index contributed by atoms with van der Waals surface area (Å²) in [5.41, 5.74) is 7.69. The van der Waals surface area contributed by atoms with Gasteiger partial charge in [-0.25, -0.2) is 4.98 Å². The zero-order valence-corrected chi connectivity index (χ0v) is 10.0. The minimum atomic E-state index is 0.361. The number of hydrogen-bond donors (Lipinski definition) is 1. The van der Waals surface area contributed by atoms with Crippen LogP contribution in [0.15, 0.2) is 12.1 Å². The Hall–Kier alpha value is -1.29. The Bertz CT molecular complexity index is 531. The summed E-state index contributed by atoms with van der Waals surface area (Å²) in [6, 6.07) is 3.93. The van der Waals surface area contributed by atoms with E-state index in [2.05, 4.69) is 4.98 Å². The van der Waals surface area contributed by atoms with E-state index in [1.807, 2.05) is 19.1 Å². The first-order valence-electron chi connectivity index (χ1n) is 5.56. The normalized spacial score (nSPS) is 16.3. The van der Waals surface area contributed by atoms with Crippen molar-refractivity contribution >= 4 is 27.2 Å². The van der Waals surface area contributed by atoms with Crippen molar-refractivity contribution in [3.05, 3.63) is 17.1 Å². The molecule has 0 radical (unpaired) electrons. The Balaban J connectivity index is 1.99. The molecule has 84 valence electrons. The van der Waals surface area contributed by atoms with Crippen molar-refractivity contribution < 1.29 is 4.74 Å². The van der Waals surface area contributed by atoms with Gasteiger partial charge in [-0.3, -0.25) is 0 Å². The molecule has 1 fully saturated rings. The van der Waals surface area contributed by atoms with Gasteiger partial charge in [0.2, 0.25) is 0 Å². The second-order valence-corrected chi connectivity index (χ2v) is 5.50. The van der Waals surface area contributed by atoms with Crippen molar-refractivity contribution in [1.29, 1.82) is 0 Å². The van der Waals surface area contributed by atoms with Gasteiger partial charge in [-0.15, -0.1) is 11.3 Å². The zero-order chi connectivity index (χ0) is 11.1. The van der Waals surface area contributed by atoms with Gasteiger partial charge in [-0.2, -0.15) is 0 Å². The van der Waals surface area contributed by atoms with Gasteiger partial charge in [0.1, 0.15) is 5.75 Å². The lowest BCUT2D eigenvalue weighted by Crippen LogP contribution is -2.24. The van der Waals surface area contributed by atoms with Crippen LogP contribution in [0.1, 0.15) is 24.3 Å². The van der Waals surface area contributed by atoms with E-state index in [4.69, 9.17) is 10.5 Å². The summed E-state index contributed by atoms with van der Waals surface area (Å²) in [6.07, 6.45) is 3.92. The highest BCUT2D eigenvalue weighted by molar-refractivity contribution is 7.18. The van der Waals surface area contributed by atoms with E-state index >= 15 is 0 Å². The molecule has 1 aliphatic carbocycles. The fraction of sp³-hybridized carbons (Fsp3) is 0.417. The molecule has 1 saturated carbocycles.